The Labute approximate surface area is 106 Å². The monoisotopic (exact) mass is 256 g/mol. The van der Waals surface area contributed by atoms with Crippen molar-refractivity contribution in [3.8, 4) is 0 Å². The molecule has 0 aliphatic heterocycles. The minimum atomic E-state index is 0.169. The van der Waals surface area contributed by atoms with Crippen LogP contribution in [0, 0.1) is 0 Å². The largest absolute Gasteiger partial charge is 0.396 e. The van der Waals surface area contributed by atoms with E-state index in [2.05, 4.69) is 14.9 Å². The summed E-state index contributed by atoms with van der Waals surface area (Å²) in [6.45, 7) is 0.917. The van der Waals surface area contributed by atoms with Gasteiger partial charge in [-0.1, -0.05) is 0 Å². The third kappa shape index (κ3) is 2.79. The molecule has 1 saturated carbocycles. The predicted molar refractivity (Wildman–Crippen MR) is 68.1 cm³/mol. The van der Waals surface area contributed by atoms with Crippen LogP contribution in [0.1, 0.15) is 25.7 Å². The standard InChI is InChI=1S/C11H17ClN4O/c12-11-14-7-9(13)10(15-11)16(5-2-6-17)8-3-1-4-8/h7-8,17H,1-6,13H2. The van der Waals surface area contributed by atoms with Crippen molar-refractivity contribution < 1.29 is 5.11 Å². The molecule has 6 heteroatoms. The Balaban J connectivity index is 2.20. The number of nitrogen functional groups attached to an aromatic ring is 1. The summed E-state index contributed by atoms with van der Waals surface area (Å²) in [5.41, 5.74) is 6.43. The van der Waals surface area contributed by atoms with Crippen LogP contribution in [0.4, 0.5) is 11.5 Å². The maximum absolute atomic E-state index is 8.94. The second-order valence-electron chi connectivity index (χ2n) is 4.27. The van der Waals surface area contributed by atoms with E-state index in [1.165, 1.54) is 12.6 Å². The molecule has 0 amide bonds. The van der Waals surface area contributed by atoms with Crippen molar-refractivity contribution in [3.05, 3.63) is 11.5 Å². The highest BCUT2D eigenvalue weighted by Crippen LogP contribution is 2.31. The fourth-order valence-electron chi connectivity index (χ4n) is 1.99. The Hall–Kier alpha value is -1.07. The van der Waals surface area contributed by atoms with Crippen LogP contribution in [0.25, 0.3) is 0 Å². The molecule has 0 atom stereocenters. The molecule has 0 saturated heterocycles. The lowest BCUT2D eigenvalue weighted by Crippen LogP contribution is -2.42. The van der Waals surface area contributed by atoms with Crippen LogP contribution < -0.4 is 10.6 Å². The van der Waals surface area contributed by atoms with Gasteiger partial charge < -0.3 is 15.7 Å². The van der Waals surface area contributed by atoms with Gasteiger partial charge in [-0.2, -0.15) is 4.98 Å². The number of aliphatic hydroxyl groups is 1. The van der Waals surface area contributed by atoms with Crippen molar-refractivity contribution in [2.24, 2.45) is 0 Å². The van der Waals surface area contributed by atoms with E-state index in [1.807, 2.05) is 0 Å². The molecular formula is C11H17ClN4O. The second kappa shape index (κ2) is 5.51. The van der Waals surface area contributed by atoms with Gasteiger partial charge in [-0.05, 0) is 37.3 Å². The number of halogens is 1. The van der Waals surface area contributed by atoms with Gasteiger partial charge in [-0.15, -0.1) is 0 Å². The summed E-state index contributed by atoms with van der Waals surface area (Å²) >= 11 is 5.81. The zero-order valence-electron chi connectivity index (χ0n) is 9.64. The molecule has 2 rings (SSSR count). The van der Waals surface area contributed by atoms with Crippen molar-refractivity contribution in [2.75, 3.05) is 23.8 Å². The van der Waals surface area contributed by atoms with Crippen molar-refractivity contribution in [1.82, 2.24) is 9.97 Å². The van der Waals surface area contributed by atoms with Gasteiger partial charge in [0.15, 0.2) is 5.82 Å². The van der Waals surface area contributed by atoms with E-state index in [1.54, 1.807) is 0 Å². The highest BCUT2D eigenvalue weighted by atomic mass is 35.5. The quantitative estimate of drug-likeness (QED) is 0.780. The Morgan fingerprint density at radius 1 is 1.53 bits per heavy atom. The number of nitrogens with zero attached hydrogens (tertiary/aromatic N) is 3. The van der Waals surface area contributed by atoms with Crippen molar-refractivity contribution in [3.63, 3.8) is 0 Å². The first-order chi connectivity index (χ1) is 8.22. The zero-order valence-corrected chi connectivity index (χ0v) is 10.4. The number of nitrogens with two attached hydrogens (primary N) is 1. The molecule has 0 spiro atoms. The molecule has 17 heavy (non-hydrogen) atoms. The molecular weight excluding hydrogens is 240 g/mol. The van der Waals surface area contributed by atoms with E-state index in [-0.39, 0.29) is 11.9 Å². The number of aromatic nitrogens is 2. The van der Waals surface area contributed by atoms with E-state index in [9.17, 15) is 0 Å². The van der Waals surface area contributed by atoms with Gasteiger partial charge >= 0.3 is 0 Å². The van der Waals surface area contributed by atoms with Gasteiger partial charge in [-0.25, -0.2) is 4.98 Å². The molecule has 1 aliphatic rings. The second-order valence-corrected chi connectivity index (χ2v) is 4.61. The van der Waals surface area contributed by atoms with Crippen LogP contribution in [-0.2, 0) is 0 Å². The van der Waals surface area contributed by atoms with Crippen LogP contribution in [0.2, 0.25) is 5.28 Å². The van der Waals surface area contributed by atoms with Crippen LogP contribution in [0.3, 0.4) is 0 Å². The summed E-state index contributed by atoms with van der Waals surface area (Å²) in [5, 5.41) is 9.15. The first-order valence-corrected chi connectivity index (χ1v) is 6.25. The van der Waals surface area contributed by atoms with Crippen LogP contribution in [0.15, 0.2) is 6.20 Å². The zero-order chi connectivity index (χ0) is 12.3. The molecule has 1 heterocycles. The SMILES string of the molecule is Nc1cnc(Cl)nc1N(CCCO)C1CCC1. The number of hydrogen-bond acceptors (Lipinski definition) is 5. The topological polar surface area (TPSA) is 75.3 Å². The van der Waals surface area contributed by atoms with E-state index >= 15 is 0 Å². The van der Waals surface area contributed by atoms with Crippen LogP contribution in [-0.4, -0.2) is 34.3 Å². The molecule has 1 aliphatic carbocycles. The van der Waals surface area contributed by atoms with Crippen LogP contribution in [0.5, 0.6) is 0 Å². The van der Waals surface area contributed by atoms with Gasteiger partial charge in [0, 0.05) is 19.2 Å². The molecule has 94 valence electrons. The molecule has 0 bridgehead atoms. The molecule has 5 nitrogen and oxygen atoms in total. The number of rotatable bonds is 5. The Morgan fingerprint density at radius 2 is 2.29 bits per heavy atom. The van der Waals surface area contributed by atoms with Gasteiger partial charge in [-0.3, -0.25) is 0 Å². The molecule has 3 N–H and O–H groups in total. The molecule has 0 aromatic carbocycles. The minimum absolute atomic E-state index is 0.169. The van der Waals surface area contributed by atoms with Gasteiger partial charge in [0.05, 0.1) is 11.9 Å². The average molecular weight is 257 g/mol. The van der Waals surface area contributed by atoms with E-state index in [0.29, 0.717) is 24.0 Å². The minimum Gasteiger partial charge on any atom is -0.396 e. The first-order valence-electron chi connectivity index (χ1n) is 5.88. The molecule has 0 radical (unpaired) electrons. The van der Waals surface area contributed by atoms with Crippen molar-refractivity contribution in [1.29, 1.82) is 0 Å². The highest BCUT2D eigenvalue weighted by Gasteiger charge is 2.27. The fourth-order valence-corrected chi connectivity index (χ4v) is 2.12. The fraction of sp³-hybridized carbons (Fsp3) is 0.636. The lowest BCUT2D eigenvalue weighted by Gasteiger charge is -2.38. The van der Waals surface area contributed by atoms with Gasteiger partial charge in [0.25, 0.3) is 0 Å². The Bertz CT molecular complexity index is 384. The summed E-state index contributed by atoms with van der Waals surface area (Å²) in [4.78, 5) is 10.2. The third-order valence-electron chi connectivity index (χ3n) is 3.11. The summed E-state index contributed by atoms with van der Waals surface area (Å²) in [5.74, 6) is 0.697. The van der Waals surface area contributed by atoms with Gasteiger partial charge in [0.2, 0.25) is 5.28 Å². The first kappa shape index (κ1) is 12.4. The normalized spacial score (nSPS) is 15.6. The van der Waals surface area contributed by atoms with Crippen LogP contribution >= 0.6 is 11.6 Å². The summed E-state index contributed by atoms with van der Waals surface area (Å²) in [6, 6.07) is 0.467. The van der Waals surface area contributed by atoms with E-state index in [0.717, 1.165) is 19.4 Å². The number of anilines is 2. The predicted octanol–water partition coefficient (Wildman–Crippen LogP) is 1.45. The molecule has 1 aromatic heterocycles. The lowest BCUT2D eigenvalue weighted by atomic mass is 9.91. The Kier molecular flexibility index (Phi) is 4.02. The maximum atomic E-state index is 8.94. The molecule has 0 unspecified atom stereocenters. The van der Waals surface area contributed by atoms with E-state index in [4.69, 9.17) is 22.4 Å². The summed E-state index contributed by atoms with van der Waals surface area (Å²) < 4.78 is 0. The highest BCUT2D eigenvalue weighted by molar-refractivity contribution is 6.28. The van der Waals surface area contributed by atoms with Gasteiger partial charge in [0.1, 0.15) is 0 Å². The van der Waals surface area contributed by atoms with E-state index < -0.39 is 0 Å². The average Bonchev–Trinajstić information content (AvgIpc) is 2.25. The summed E-state index contributed by atoms with van der Waals surface area (Å²) in [7, 11) is 0. The number of aliphatic hydroxyl groups excluding tert-OH is 1. The molecule has 1 fully saturated rings. The van der Waals surface area contributed by atoms with Crippen molar-refractivity contribution in [2.45, 2.75) is 31.7 Å². The number of hydrogen-bond donors (Lipinski definition) is 2. The molecule has 1 aromatic rings. The third-order valence-corrected chi connectivity index (χ3v) is 3.29. The Morgan fingerprint density at radius 3 is 2.88 bits per heavy atom. The smallest absolute Gasteiger partial charge is 0.224 e. The maximum Gasteiger partial charge on any atom is 0.224 e. The van der Waals surface area contributed by atoms with Crippen molar-refractivity contribution >= 4 is 23.1 Å². The lowest BCUT2D eigenvalue weighted by molar-refractivity contribution is 0.282. The summed E-state index contributed by atoms with van der Waals surface area (Å²) in [6.07, 6.45) is 5.77.